The van der Waals surface area contributed by atoms with Gasteiger partial charge in [-0.1, -0.05) is 39.8 Å². The number of nitrogens with zero attached hydrogens (tertiary/aromatic N) is 1. The molecule has 1 aromatic rings. The SMILES string of the molecule is CCC(CC)N(CCO)c1ccc(CNCC(C)C)cc1. The molecule has 0 aliphatic carbocycles. The van der Waals surface area contributed by atoms with Crippen molar-refractivity contribution >= 4 is 5.69 Å². The lowest BCUT2D eigenvalue weighted by Gasteiger charge is -2.32. The van der Waals surface area contributed by atoms with E-state index in [0.717, 1.165) is 25.9 Å². The summed E-state index contributed by atoms with van der Waals surface area (Å²) >= 11 is 0. The van der Waals surface area contributed by atoms with Gasteiger partial charge in [0.2, 0.25) is 0 Å². The molecule has 0 unspecified atom stereocenters. The molecule has 120 valence electrons. The molecule has 0 aliphatic rings. The van der Waals surface area contributed by atoms with Crippen molar-refractivity contribution in [1.29, 1.82) is 0 Å². The summed E-state index contributed by atoms with van der Waals surface area (Å²) in [6, 6.07) is 9.24. The van der Waals surface area contributed by atoms with E-state index >= 15 is 0 Å². The Bertz CT molecular complexity index is 371. The van der Waals surface area contributed by atoms with Gasteiger partial charge in [0.05, 0.1) is 6.61 Å². The molecule has 2 N–H and O–H groups in total. The number of benzene rings is 1. The zero-order valence-corrected chi connectivity index (χ0v) is 14.1. The molecular weight excluding hydrogens is 260 g/mol. The fraction of sp³-hybridized carbons (Fsp3) is 0.667. The maximum atomic E-state index is 9.31. The van der Waals surface area contributed by atoms with E-state index in [4.69, 9.17) is 0 Å². The van der Waals surface area contributed by atoms with E-state index in [2.05, 4.69) is 62.2 Å². The smallest absolute Gasteiger partial charge is 0.0606 e. The van der Waals surface area contributed by atoms with Gasteiger partial charge in [-0.25, -0.2) is 0 Å². The van der Waals surface area contributed by atoms with E-state index in [0.29, 0.717) is 18.5 Å². The molecule has 3 heteroatoms. The highest BCUT2D eigenvalue weighted by Gasteiger charge is 2.14. The van der Waals surface area contributed by atoms with Crippen molar-refractivity contribution in [2.24, 2.45) is 5.92 Å². The van der Waals surface area contributed by atoms with Crippen molar-refractivity contribution in [1.82, 2.24) is 5.32 Å². The summed E-state index contributed by atoms with van der Waals surface area (Å²) in [6.07, 6.45) is 2.21. The number of hydrogen-bond acceptors (Lipinski definition) is 3. The second-order valence-corrected chi connectivity index (χ2v) is 6.08. The Morgan fingerprint density at radius 3 is 2.19 bits per heavy atom. The van der Waals surface area contributed by atoms with E-state index in [1.54, 1.807) is 0 Å². The van der Waals surface area contributed by atoms with E-state index < -0.39 is 0 Å². The molecule has 0 saturated carbocycles. The number of hydrogen-bond donors (Lipinski definition) is 2. The molecule has 0 spiro atoms. The molecule has 0 radical (unpaired) electrons. The lowest BCUT2D eigenvalue weighted by atomic mass is 10.1. The lowest BCUT2D eigenvalue weighted by Crippen LogP contribution is -2.36. The van der Waals surface area contributed by atoms with Crippen LogP contribution in [0.1, 0.15) is 46.1 Å². The molecule has 0 aromatic heterocycles. The fourth-order valence-corrected chi connectivity index (χ4v) is 2.67. The van der Waals surface area contributed by atoms with Crippen molar-refractivity contribution in [3.8, 4) is 0 Å². The summed E-state index contributed by atoms with van der Waals surface area (Å²) in [4.78, 5) is 2.32. The Hall–Kier alpha value is -1.06. The normalized spacial score (nSPS) is 11.4. The highest BCUT2D eigenvalue weighted by Crippen LogP contribution is 2.21. The van der Waals surface area contributed by atoms with Gasteiger partial charge in [-0.15, -0.1) is 0 Å². The highest BCUT2D eigenvalue weighted by molar-refractivity contribution is 5.48. The molecule has 0 fully saturated rings. The molecule has 0 amide bonds. The van der Waals surface area contributed by atoms with Crippen molar-refractivity contribution in [3.63, 3.8) is 0 Å². The quantitative estimate of drug-likeness (QED) is 0.693. The maximum Gasteiger partial charge on any atom is 0.0606 e. The highest BCUT2D eigenvalue weighted by atomic mass is 16.3. The number of aliphatic hydroxyl groups excluding tert-OH is 1. The van der Waals surface area contributed by atoms with Crippen LogP contribution in [-0.4, -0.2) is 30.8 Å². The Labute approximate surface area is 130 Å². The lowest BCUT2D eigenvalue weighted by molar-refractivity contribution is 0.296. The first-order valence-corrected chi connectivity index (χ1v) is 8.29. The number of nitrogens with one attached hydrogen (secondary N) is 1. The van der Waals surface area contributed by atoms with Gasteiger partial charge >= 0.3 is 0 Å². The van der Waals surface area contributed by atoms with Crippen LogP contribution in [0.25, 0.3) is 0 Å². The van der Waals surface area contributed by atoms with E-state index in [-0.39, 0.29) is 6.61 Å². The minimum Gasteiger partial charge on any atom is -0.395 e. The predicted molar refractivity (Wildman–Crippen MR) is 91.8 cm³/mol. The van der Waals surface area contributed by atoms with Gasteiger partial charge in [0, 0.05) is 24.8 Å². The topological polar surface area (TPSA) is 35.5 Å². The van der Waals surface area contributed by atoms with Crippen molar-refractivity contribution in [3.05, 3.63) is 29.8 Å². The third-order valence-corrected chi connectivity index (χ3v) is 3.87. The molecule has 0 bridgehead atoms. The third-order valence-electron chi connectivity index (χ3n) is 3.87. The van der Waals surface area contributed by atoms with E-state index in [9.17, 15) is 5.11 Å². The minimum atomic E-state index is 0.203. The first-order valence-electron chi connectivity index (χ1n) is 8.29. The molecule has 21 heavy (non-hydrogen) atoms. The molecular formula is C18H32N2O. The molecule has 0 atom stereocenters. The first kappa shape index (κ1) is 18.0. The zero-order chi connectivity index (χ0) is 15.7. The predicted octanol–water partition coefficient (Wildman–Crippen LogP) is 3.42. The molecule has 0 aliphatic heterocycles. The Morgan fingerprint density at radius 1 is 1.10 bits per heavy atom. The van der Waals surface area contributed by atoms with Gasteiger partial charge in [0.15, 0.2) is 0 Å². The van der Waals surface area contributed by atoms with Gasteiger partial charge in [-0.05, 0) is 43.0 Å². The summed E-state index contributed by atoms with van der Waals surface area (Å²) < 4.78 is 0. The molecule has 0 heterocycles. The average molecular weight is 292 g/mol. The second-order valence-electron chi connectivity index (χ2n) is 6.08. The monoisotopic (exact) mass is 292 g/mol. The molecule has 3 nitrogen and oxygen atoms in total. The van der Waals surface area contributed by atoms with Gasteiger partial charge in [-0.2, -0.15) is 0 Å². The largest absolute Gasteiger partial charge is 0.395 e. The van der Waals surface area contributed by atoms with Gasteiger partial charge in [0.1, 0.15) is 0 Å². The Kier molecular flexibility index (Phi) is 8.40. The Balaban J connectivity index is 2.68. The van der Waals surface area contributed by atoms with Gasteiger partial charge in [-0.3, -0.25) is 0 Å². The van der Waals surface area contributed by atoms with Crippen LogP contribution in [0.5, 0.6) is 0 Å². The zero-order valence-electron chi connectivity index (χ0n) is 14.1. The van der Waals surface area contributed by atoms with Crippen LogP contribution in [-0.2, 0) is 6.54 Å². The molecule has 0 saturated heterocycles. The van der Waals surface area contributed by atoms with Crippen molar-refractivity contribution in [2.75, 3.05) is 24.6 Å². The number of aliphatic hydroxyl groups is 1. The maximum absolute atomic E-state index is 9.31. The van der Waals surface area contributed by atoms with Crippen LogP contribution in [0.2, 0.25) is 0 Å². The van der Waals surface area contributed by atoms with Crippen LogP contribution >= 0.6 is 0 Å². The average Bonchev–Trinajstić information content (AvgIpc) is 2.48. The Morgan fingerprint density at radius 2 is 1.71 bits per heavy atom. The van der Waals surface area contributed by atoms with E-state index in [1.165, 1.54) is 11.3 Å². The second kappa shape index (κ2) is 9.80. The summed E-state index contributed by atoms with van der Waals surface area (Å²) in [5.74, 6) is 0.680. The summed E-state index contributed by atoms with van der Waals surface area (Å²) in [5.41, 5.74) is 2.53. The van der Waals surface area contributed by atoms with Crippen LogP contribution in [0, 0.1) is 5.92 Å². The van der Waals surface area contributed by atoms with Gasteiger partial charge in [0.25, 0.3) is 0 Å². The van der Waals surface area contributed by atoms with Crippen LogP contribution in [0.4, 0.5) is 5.69 Å². The standard InChI is InChI=1S/C18H32N2O/c1-5-17(6-2)20(11-12-21)18-9-7-16(8-10-18)14-19-13-15(3)4/h7-10,15,17,19,21H,5-6,11-14H2,1-4H3. The first-order chi connectivity index (χ1) is 10.1. The van der Waals surface area contributed by atoms with Gasteiger partial charge < -0.3 is 15.3 Å². The van der Waals surface area contributed by atoms with Crippen LogP contribution in [0.15, 0.2) is 24.3 Å². The summed E-state index contributed by atoms with van der Waals surface area (Å²) in [5, 5.41) is 12.8. The third kappa shape index (κ3) is 6.06. The van der Waals surface area contributed by atoms with Crippen molar-refractivity contribution in [2.45, 2.75) is 53.1 Å². The molecule has 1 rings (SSSR count). The van der Waals surface area contributed by atoms with E-state index in [1.807, 2.05) is 0 Å². The number of anilines is 1. The van der Waals surface area contributed by atoms with Crippen LogP contribution < -0.4 is 10.2 Å². The van der Waals surface area contributed by atoms with Crippen molar-refractivity contribution < 1.29 is 5.11 Å². The minimum absolute atomic E-state index is 0.203. The fourth-order valence-electron chi connectivity index (χ4n) is 2.67. The van der Waals surface area contributed by atoms with Crippen LogP contribution in [0.3, 0.4) is 0 Å². The summed E-state index contributed by atoms with van der Waals surface area (Å²) in [6.45, 7) is 11.7. The summed E-state index contributed by atoms with van der Waals surface area (Å²) in [7, 11) is 0. The number of rotatable bonds is 10. The molecule has 1 aromatic carbocycles.